The Labute approximate surface area is 193 Å². The quantitative estimate of drug-likeness (QED) is 0.419. The highest BCUT2D eigenvalue weighted by molar-refractivity contribution is 7.90. The molecule has 4 aromatic rings. The summed E-state index contributed by atoms with van der Waals surface area (Å²) in [5, 5.41) is 0.0786. The number of hydrogen-bond acceptors (Lipinski definition) is 6. The number of aromatic nitrogens is 3. The minimum atomic E-state index is -3.29. The average molecular weight is 461 g/mol. The topological polar surface area (TPSA) is 77.3 Å². The Kier molecular flexibility index (Phi) is 5.70. The number of pyridine rings is 1. The maximum Gasteiger partial charge on any atom is 0.192 e. The van der Waals surface area contributed by atoms with Crippen LogP contribution in [0, 0.1) is 0 Å². The molecule has 0 atom stereocenters. The van der Waals surface area contributed by atoms with Crippen LogP contribution in [0.25, 0.3) is 16.8 Å². The van der Waals surface area contributed by atoms with Gasteiger partial charge in [0.15, 0.2) is 14.9 Å². The molecule has 1 aliphatic rings. The van der Waals surface area contributed by atoms with Gasteiger partial charge < -0.3 is 9.30 Å². The first kappa shape index (κ1) is 21.4. The fraction of sp³-hybridized carbons (Fsp3) is 0.200. The molecule has 1 fully saturated rings. The van der Waals surface area contributed by atoms with Crippen LogP contribution in [0.1, 0.15) is 5.56 Å². The number of likely N-dealkylation sites (tertiary alicyclic amines) is 1. The van der Waals surface area contributed by atoms with E-state index >= 15 is 0 Å². The molecule has 5 rings (SSSR count). The van der Waals surface area contributed by atoms with Crippen LogP contribution in [0.2, 0.25) is 0 Å². The summed E-state index contributed by atoms with van der Waals surface area (Å²) in [6.07, 6.45) is 8.42. The molecule has 0 N–H and O–H groups in total. The Hall–Kier alpha value is -3.49. The lowest BCUT2D eigenvalue weighted by molar-refractivity contribution is 0.0146. The molecular formula is C25H24N4O3S. The summed E-state index contributed by atoms with van der Waals surface area (Å²) in [4.78, 5) is 10.5. The summed E-state index contributed by atoms with van der Waals surface area (Å²) in [5.41, 5.74) is 4.20. The molecule has 1 saturated heterocycles. The molecule has 0 unspecified atom stereocenters. The second-order valence-electron chi connectivity index (χ2n) is 8.25. The zero-order valence-electron chi connectivity index (χ0n) is 18.2. The lowest BCUT2D eigenvalue weighted by atomic mass is 10.1. The van der Waals surface area contributed by atoms with Gasteiger partial charge in [0.1, 0.15) is 11.9 Å². The first-order chi connectivity index (χ1) is 15.9. The van der Waals surface area contributed by atoms with Crippen molar-refractivity contribution in [3.8, 4) is 22.6 Å². The fourth-order valence-electron chi connectivity index (χ4n) is 3.86. The molecule has 2 aromatic heterocycles. The average Bonchev–Trinajstić information content (AvgIpc) is 3.33. The number of benzene rings is 2. The van der Waals surface area contributed by atoms with Crippen LogP contribution in [-0.4, -0.2) is 53.3 Å². The second kappa shape index (κ2) is 8.80. The molecule has 0 aliphatic carbocycles. The smallest absolute Gasteiger partial charge is 0.192 e. The Bertz CT molecular complexity index is 1310. The van der Waals surface area contributed by atoms with Crippen LogP contribution >= 0.6 is 0 Å². The third kappa shape index (κ3) is 4.97. The zero-order chi connectivity index (χ0) is 22.8. The van der Waals surface area contributed by atoms with E-state index in [9.17, 15) is 8.42 Å². The highest BCUT2D eigenvalue weighted by Crippen LogP contribution is 2.25. The Morgan fingerprint density at radius 2 is 1.70 bits per heavy atom. The van der Waals surface area contributed by atoms with Crippen molar-refractivity contribution in [2.45, 2.75) is 17.7 Å². The van der Waals surface area contributed by atoms with Crippen LogP contribution in [0.3, 0.4) is 0 Å². The molecule has 168 valence electrons. The van der Waals surface area contributed by atoms with Crippen LogP contribution in [-0.2, 0) is 16.4 Å². The zero-order valence-corrected chi connectivity index (χ0v) is 19.0. The molecular weight excluding hydrogens is 436 g/mol. The van der Waals surface area contributed by atoms with E-state index in [0.717, 1.165) is 48.5 Å². The number of sulfone groups is 1. The molecule has 0 radical (unpaired) electrons. The van der Waals surface area contributed by atoms with Gasteiger partial charge in [-0.05, 0) is 47.5 Å². The van der Waals surface area contributed by atoms with Crippen molar-refractivity contribution in [2.75, 3.05) is 19.3 Å². The Balaban J connectivity index is 1.12. The molecule has 0 spiro atoms. The van der Waals surface area contributed by atoms with E-state index in [1.165, 1.54) is 11.6 Å². The predicted molar refractivity (Wildman–Crippen MR) is 126 cm³/mol. The van der Waals surface area contributed by atoms with Crippen molar-refractivity contribution in [1.29, 1.82) is 0 Å². The Morgan fingerprint density at radius 3 is 2.30 bits per heavy atom. The minimum Gasteiger partial charge on any atom is -0.488 e. The van der Waals surface area contributed by atoms with Gasteiger partial charge in [-0.15, -0.1) is 0 Å². The predicted octanol–water partition coefficient (Wildman–Crippen LogP) is 3.60. The molecule has 0 bridgehead atoms. The van der Waals surface area contributed by atoms with Crippen LogP contribution < -0.4 is 4.74 Å². The van der Waals surface area contributed by atoms with E-state index in [1.807, 2.05) is 35.0 Å². The molecule has 0 saturated carbocycles. The number of nitrogens with zero attached hydrogens (tertiary/aromatic N) is 4. The lowest BCUT2D eigenvalue weighted by Crippen LogP contribution is -2.53. The first-order valence-corrected chi connectivity index (χ1v) is 12.6. The fourth-order valence-corrected chi connectivity index (χ4v) is 4.42. The molecule has 2 aromatic carbocycles. The van der Waals surface area contributed by atoms with E-state index < -0.39 is 9.84 Å². The second-order valence-corrected chi connectivity index (χ2v) is 10.2. The molecule has 0 amide bonds. The maximum absolute atomic E-state index is 11.6. The third-order valence-corrected chi connectivity index (χ3v) is 6.68. The molecule has 8 heteroatoms. The van der Waals surface area contributed by atoms with Crippen LogP contribution in [0.5, 0.6) is 5.75 Å². The van der Waals surface area contributed by atoms with E-state index in [2.05, 4.69) is 39.1 Å². The van der Waals surface area contributed by atoms with Gasteiger partial charge in [0.25, 0.3) is 0 Å². The van der Waals surface area contributed by atoms with Crippen molar-refractivity contribution in [2.24, 2.45) is 0 Å². The van der Waals surface area contributed by atoms with Gasteiger partial charge in [-0.25, -0.2) is 18.4 Å². The molecule has 3 heterocycles. The summed E-state index contributed by atoms with van der Waals surface area (Å²) >= 11 is 0. The summed E-state index contributed by atoms with van der Waals surface area (Å²) in [5.74, 6) is 0.828. The van der Waals surface area contributed by atoms with Crippen molar-refractivity contribution >= 4 is 9.84 Å². The van der Waals surface area contributed by atoms with E-state index in [-0.39, 0.29) is 11.1 Å². The number of rotatable bonds is 7. The maximum atomic E-state index is 11.6. The van der Waals surface area contributed by atoms with Gasteiger partial charge in [-0.1, -0.05) is 24.3 Å². The minimum absolute atomic E-state index is 0.0786. The monoisotopic (exact) mass is 460 g/mol. The van der Waals surface area contributed by atoms with E-state index in [4.69, 9.17) is 4.74 Å². The Morgan fingerprint density at radius 1 is 0.970 bits per heavy atom. The number of imidazole rings is 1. The summed E-state index contributed by atoms with van der Waals surface area (Å²) in [7, 11) is -3.29. The van der Waals surface area contributed by atoms with Crippen LogP contribution in [0.4, 0.5) is 0 Å². The summed E-state index contributed by atoms with van der Waals surface area (Å²) < 4.78 is 31.2. The van der Waals surface area contributed by atoms with Crippen molar-refractivity contribution in [1.82, 2.24) is 19.4 Å². The SMILES string of the molecule is CS(=O)(=O)c1ccc(-c2ccc(OC3CN(Cc4ccc(-n5ccnc5)cc4)C3)cc2)cn1. The van der Waals surface area contributed by atoms with Crippen molar-refractivity contribution < 1.29 is 13.2 Å². The van der Waals surface area contributed by atoms with E-state index in [0.29, 0.717) is 0 Å². The largest absolute Gasteiger partial charge is 0.488 e. The van der Waals surface area contributed by atoms with Gasteiger partial charge in [0.05, 0.1) is 6.33 Å². The number of hydrogen-bond donors (Lipinski definition) is 0. The first-order valence-electron chi connectivity index (χ1n) is 10.7. The molecule has 1 aliphatic heterocycles. The molecule has 33 heavy (non-hydrogen) atoms. The van der Waals surface area contributed by atoms with Crippen molar-refractivity contribution in [3.63, 3.8) is 0 Å². The van der Waals surface area contributed by atoms with E-state index in [1.54, 1.807) is 24.8 Å². The van der Waals surface area contributed by atoms with Gasteiger partial charge in [-0.2, -0.15) is 0 Å². The van der Waals surface area contributed by atoms with Gasteiger partial charge >= 0.3 is 0 Å². The third-order valence-electron chi connectivity index (χ3n) is 5.68. The van der Waals surface area contributed by atoms with Gasteiger partial charge in [0.2, 0.25) is 0 Å². The lowest BCUT2D eigenvalue weighted by Gasteiger charge is -2.39. The van der Waals surface area contributed by atoms with Crippen LogP contribution in [0.15, 0.2) is 90.6 Å². The number of ether oxygens (including phenoxy) is 1. The normalized spacial score (nSPS) is 14.7. The highest BCUT2D eigenvalue weighted by Gasteiger charge is 2.28. The molecule has 7 nitrogen and oxygen atoms in total. The summed E-state index contributed by atoms with van der Waals surface area (Å²) in [6, 6.07) is 19.6. The highest BCUT2D eigenvalue weighted by atomic mass is 32.2. The standard InChI is InChI=1S/C25H24N4O3S/c1-33(30,31)25-11-6-21(14-27-25)20-4-9-23(10-5-20)32-24-16-28(17-24)15-19-2-7-22(8-3-19)29-13-12-26-18-29/h2-14,18,24H,15-17H2,1H3. The van der Waals surface area contributed by atoms with Gasteiger partial charge in [0, 0.05) is 55.7 Å². The van der Waals surface area contributed by atoms with Crippen molar-refractivity contribution in [3.05, 3.63) is 91.1 Å². The summed E-state index contributed by atoms with van der Waals surface area (Å²) in [6.45, 7) is 2.68. The van der Waals surface area contributed by atoms with Gasteiger partial charge in [-0.3, -0.25) is 4.90 Å².